The molecule has 9 nitrogen and oxygen atoms in total. The molecule has 0 radical (unpaired) electrons. The van der Waals surface area contributed by atoms with Gasteiger partial charge in [-0.3, -0.25) is 9.36 Å². The zero-order valence-corrected chi connectivity index (χ0v) is 28.2. The van der Waals surface area contributed by atoms with E-state index in [1.807, 2.05) is 73.0 Å². The number of nitrogens with zero attached hydrogens (tertiary/aromatic N) is 6. The molecule has 1 aromatic carbocycles. The first kappa shape index (κ1) is 34.5. The van der Waals surface area contributed by atoms with Gasteiger partial charge in [0, 0.05) is 42.6 Å². The summed E-state index contributed by atoms with van der Waals surface area (Å²) < 4.78 is 33.5. The summed E-state index contributed by atoms with van der Waals surface area (Å²) in [4.78, 5) is 20.1. The first-order valence-corrected chi connectivity index (χ1v) is 16.4. The molecule has 5 heterocycles. The van der Waals surface area contributed by atoms with Crippen LogP contribution in [0.25, 0.3) is 43.6 Å². The van der Waals surface area contributed by atoms with E-state index in [0.29, 0.717) is 42.8 Å². The van der Waals surface area contributed by atoms with E-state index in [2.05, 4.69) is 29.6 Å². The smallest absolute Gasteiger partial charge is 0.410 e. The molecule has 0 saturated heterocycles. The van der Waals surface area contributed by atoms with Crippen LogP contribution in [0.15, 0.2) is 67.2 Å². The summed E-state index contributed by atoms with van der Waals surface area (Å²) in [6, 6.07) is 10.0. The predicted molar refractivity (Wildman–Crippen MR) is 186 cm³/mol. The van der Waals surface area contributed by atoms with Gasteiger partial charge in [0.05, 0.1) is 58.6 Å². The number of thiophene rings is 1. The van der Waals surface area contributed by atoms with Crippen LogP contribution in [0.1, 0.15) is 57.3 Å². The molecule has 1 atom stereocenters. The van der Waals surface area contributed by atoms with E-state index in [4.69, 9.17) is 14.8 Å². The number of halogens is 2. The van der Waals surface area contributed by atoms with Gasteiger partial charge in [0.1, 0.15) is 17.0 Å². The number of aliphatic hydroxyl groups excluding tert-OH is 1. The third kappa shape index (κ3) is 7.48. The molecule has 0 fully saturated rings. The lowest BCUT2D eigenvalue weighted by Crippen LogP contribution is -2.43. The van der Waals surface area contributed by atoms with Crippen LogP contribution in [-0.2, 0) is 18.3 Å². The van der Waals surface area contributed by atoms with E-state index in [1.54, 1.807) is 16.2 Å². The normalized spacial score (nSPS) is 14.4. The van der Waals surface area contributed by atoms with Crippen molar-refractivity contribution < 1.29 is 23.4 Å². The molecule has 12 heteroatoms. The van der Waals surface area contributed by atoms with Crippen LogP contribution < -0.4 is 0 Å². The summed E-state index contributed by atoms with van der Waals surface area (Å²) in [5, 5.41) is 22.8. The largest absolute Gasteiger partial charge is 0.444 e. The fourth-order valence-electron chi connectivity index (χ4n) is 5.75. The van der Waals surface area contributed by atoms with Crippen LogP contribution in [0.3, 0.4) is 0 Å². The van der Waals surface area contributed by atoms with Gasteiger partial charge < -0.3 is 14.7 Å². The van der Waals surface area contributed by atoms with Crippen molar-refractivity contribution in [2.45, 2.75) is 58.2 Å². The molecule has 1 unspecified atom stereocenters. The molecule has 1 aliphatic rings. The summed E-state index contributed by atoms with van der Waals surface area (Å²) in [7, 11) is 1.91. The number of unbranched alkanes of at least 4 members (excludes halogenated alkanes) is 1. The predicted octanol–water partition coefficient (Wildman–Crippen LogP) is 8.10. The molecule has 1 amide bonds. The minimum Gasteiger partial charge on any atom is -0.444 e. The number of hydrogen-bond acceptors (Lipinski definition) is 7. The van der Waals surface area contributed by atoms with Gasteiger partial charge in [0.2, 0.25) is 0 Å². The quantitative estimate of drug-likeness (QED) is 0.145. The van der Waals surface area contributed by atoms with Crippen LogP contribution >= 0.6 is 11.3 Å². The molecule has 48 heavy (non-hydrogen) atoms. The third-order valence-corrected chi connectivity index (χ3v) is 8.69. The van der Waals surface area contributed by atoms with E-state index in [1.165, 1.54) is 6.08 Å². The molecule has 1 aliphatic heterocycles. The number of carbonyl (C=O) groups excluding carboxylic acids is 1. The maximum Gasteiger partial charge on any atom is 0.410 e. The fraction of sp³-hybridized carbons (Fsp3) is 0.333. The first-order chi connectivity index (χ1) is 23.1. The number of benzene rings is 1. The van der Waals surface area contributed by atoms with E-state index < -0.39 is 5.60 Å². The fourth-order valence-corrected chi connectivity index (χ4v) is 6.65. The SMILES string of the molecule is C=CF.Cn1ncc2cc(-c3nc(-c4cc5n(n4)C(CCCCO)CN(C(=O)OC(C)(C)C)C5)c(C#C/C=C/F)c4sccc34)ccc21. The van der Waals surface area contributed by atoms with Crippen molar-refractivity contribution in [2.24, 2.45) is 7.05 Å². The lowest BCUT2D eigenvalue weighted by Gasteiger charge is -2.35. The van der Waals surface area contributed by atoms with Crippen LogP contribution in [0.2, 0.25) is 0 Å². The Morgan fingerprint density at radius 2 is 2.00 bits per heavy atom. The van der Waals surface area contributed by atoms with Crippen molar-refractivity contribution in [1.29, 1.82) is 0 Å². The molecular weight excluding hydrogens is 634 g/mol. The van der Waals surface area contributed by atoms with Crippen molar-refractivity contribution in [3.63, 3.8) is 0 Å². The zero-order valence-electron chi connectivity index (χ0n) is 27.4. The minimum absolute atomic E-state index is 0.105. The second kappa shape index (κ2) is 14.9. The van der Waals surface area contributed by atoms with Crippen molar-refractivity contribution in [1.82, 2.24) is 29.4 Å². The van der Waals surface area contributed by atoms with Gasteiger partial charge in [-0.1, -0.05) is 24.5 Å². The monoisotopic (exact) mass is 672 g/mol. The number of carbonyl (C=O) groups is 1. The van der Waals surface area contributed by atoms with Crippen LogP contribution in [-0.4, -0.2) is 59.4 Å². The van der Waals surface area contributed by atoms with Crippen LogP contribution in [0, 0.1) is 11.8 Å². The second-order valence-corrected chi connectivity index (χ2v) is 13.2. The molecule has 0 spiro atoms. The van der Waals surface area contributed by atoms with Crippen LogP contribution in [0.5, 0.6) is 0 Å². The van der Waals surface area contributed by atoms with E-state index in [9.17, 15) is 18.7 Å². The second-order valence-electron chi connectivity index (χ2n) is 12.3. The minimum atomic E-state index is -0.622. The summed E-state index contributed by atoms with van der Waals surface area (Å²) in [6.45, 7) is 9.13. The van der Waals surface area contributed by atoms with Crippen molar-refractivity contribution in [3.8, 4) is 34.5 Å². The Bertz CT molecular complexity index is 2030. The number of ether oxygens (including phenoxy) is 1. The highest BCUT2D eigenvalue weighted by Crippen LogP contribution is 2.39. The molecule has 5 aromatic rings. The lowest BCUT2D eigenvalue weighted by atomic mass is 10.0. The Morgan fingerprint density at radius 3 is 2.73 bits per heavy atom. The molecule has 0 aliphatic carbocycles. The van der Waals surface area contributed by atoms with Gasteiger partial charge in [0.25, 0.3) is 0 Å². The standard InChI is InChI=1S/C34H35FN6O3S.C2H3F/c1-34(2,3)44-33(43)40-20-24(9-6-8-15-42)41-25(21-40)18-28(38-41)31-26(10-5-7-14-35)32-27(13-16-45-32)30(37-31)22-11-12-29-23(17-22)19-36-39(29)4;1-2-3/h7,11-14,16-19,24,42H,6,8-9,15,20-21H2,1-4H3;2H,1H2/b14-7+;. The molecule has 6 rings (SSSR count). The average Bonchev–Trinajstić information content (AvgIpc) is 3.79. The zero-order chi connectivity index (χ0) is 34.4. The number of hydrogen-bond donors (Lipinski definition) is 1. The van der Waals surface area contributed by atoms with Gasteiger partial charge in [-0.15, -0.1) is 11.3 Å². The third-order valence-electron chi connectivity index (χ3n) is 7.75. The Morgan fingerprint density at radius 1 is 1.21 bits per heavy atom. The number of aryl methyl sites for hydroxylation is 1. The highest BCUT2D eigenvalue weighted by atomic mass is 32.1. The van der Waals surface area contributed by atoms with Gasteiger partial charge in [0.15, 0.2) is 0 Å². The Labute approximate surface area is 282 Å². The summed E-state index contributed by atoms with van der Waals surface area (Å²) >= 11 is 1.55. The lowest BCUT2D eigenvalue weighted by molar-refractivity contribution is 0.0153. The number of rotatable bonds is 6. The Balaban J connectivity index is 0.00000145. The molecule has 1 N–H and O–H groups in total. The Hall–Kier alpha value is -4.86. The van der Waals surface area contributed by atoms with Gasteiger partial charge >= 0.3 is 6.09 Å². The number of amides is 1. The van der Waals surface area contributed by atoms with Crippen molar-refractivity contribution in [3.05, 3.63) is 78.5 Å². The van der Waals surface area contributed by atoms with E-state index >= 15 is 0 Å². The summed E-state index contributed by atoms with van der Waals surface area (Å²) in [6.07, 6.45) is 5.47. The molecule has 0 bridgehead atoms. The van der Waals surface area contributed by atoms with Crippen molar-refractivity contribution >= 4 is 38.4 Å². The Kier molecular flexibility index (Phi) is 10.7. The number of allylic oxidation sites excluding steroid dienone is 1. The van der Waals surface area contributed by atoms with Gasteiger partial charge in [-0.2, -0.15) is 10.2 Å². The van der Waals surface area contributed by atoms with Gasteiger partial charge in [-0.25, -0.2) is 18.6 Å². The van der Waals surface area contributed by atoms with Crippen LogP contribution in [0.4, 0.5) is 13.6 Å². The number of aliphatic hydroxyl groups is 1. The number of fused-ring (bicyclic) bond motifs is 3. The van der Waals surface area contributed by atoms with Gasteiger partial charge in [-0.05, 0) is 69.7 Å². The number of pyridine rings is 1. The van der Waals surface area contributed by atoms with Crippen molar-refractivity contribution in [2.75, 3.05) is 13.2 Å². The van der Waals surface area contributed by atoms with E-state index in [0.717, 1.165) is 50.8 Å². The topological polar surface area (TPSA) is 98.3 Å². The highest BCUT2D eigenvalue weighted by molar-refractivity contribution is 7.17. The molecular formula is C36H38F2N6O3S. The maximum atomic E-state index is 13.2. The molecule has 4 aromatic heterocycles. The summed E-state index contributed by atoms with van der Waals surface area (Å²) in [5.41, 5.74) is 4.85. The number of aromatic nitrogens is 5. The first-order valence-electron chi connectivity index (χ1n) is 15.6. The maximum absolute atomic E-state index is 13.2. The molecule has 250 valence electrons. The average molecular weight is 673 g/mol. The highest BCUT2D eigenvalue weighted by Gasteiger charge is 2.33. The van der Waals surface area contributed by atoms with E-state index in [-0.39, 0.29) is 25.1 Å². The molecule has 0 saturated carbocycles. The summed E-state index contributed by atoms with van der Waals surface area (Å²) in [5.74, 6) is 5.94.